The quantitative estimate of drug-likeness (QED) is 0.901. The van der Waals surface area contributed by atoms with Crippen LogP contribution in [0.15, 0.2) is 18.2 Å². The van der Waals surface area contributed by atoms with E-state index in [4.69, 9.17) is 9.47 Å². The maximum atomic E-state index is 12.6. The number of fused-ring (bicyclic) bond motifs is 1. The number of hydrogen-bond acceptors (Lipinski definition) is 4. The maximum Gasteiger partial charge on any atom is 0.231 e. The van der Waals surface area contributed by atoms with E-state index in [0.717, 1.165) is 57.3 Å². The number of hydrogen-bond donors (Lipinski definition) is 1. The molecular weight excluding hydrogens is 332 g/mol. The summed E-state index contributed by atoms with van der Waals surface area (Å²) >= 11 is 0. The van der Waals surface area contributed by atoms with Crippen LogP contribution in [-0.4, -0.2) is 36.6 Å². The molecule has 2 amide bonds. The normalized spacial score (nSPS) is 25.0. The van der Waals surface area contributed by atoms with Crippen molar-refractivity contribution in [3.8, 4) is 11.5 Å². The fourth-order valence-electron chi connectivity index (χ4n) is 4.19. The molecule has 1 aliphatic carbocycles. The molecule has 1 N–H and O–H groups in total. The molecule has 140 valence electrons. The molecular formula is C20H26N2O4. The van der Waals surface area contributed by atoms with E-state index in [1.54, 1.807) is 6.07 Å². The highest BCUT2D eigenvalue weighted by Crippen LogP contribution is 2.35. The van der Waals surface area contributed by atoms with Crippen molar-refractivity contribution in [1.82, 2.24) is 4.90 Å². The Morgan fingerprint density at radius 2 is 1.62 bits per heavy atom. The number of piperidine rings is 1. The second-order valence-corrected chi connectivity index (χ2v) is 7.49. The Morgan fingerprint density at radius 1 is 0.923 bits per heavy atom. The largest absolute Gasteiger partial charge is 0.454 e. The standard InChI is InChI=1S/C20H26N2O4/c23-19(21-16-8-9-17-18(12-16)26-13-25-17)14-4-6-15(7-5-14)20(24)22-10-2-1-3-11-22/h8-9,12,14-15H,1-7,10-11,13H2,(H,21,23). The number of benzene rings is 1. The van der Waals surface area contributed by atoms with Crippen LogP contribution < -0.4 is 14.8 Å². The molecule has 0 spiro atoms. The van der Waals surface area contributed by atoms with Gasteiger partial charge in [0.15, 0.2) is 11.5 Å². The lowest BCUT2D eigenvalue weighted by molar-refractivity contribution is -0.138. The van der Waals surface area contributed by atoms with Gasteiger partial charge in [-0.2, -0.15) is 0 Å². The van der Waals surface area contributed by atoms with Crippen molar-refractivity contribution in [2.24, 2.45) is 11.8 Å². The third-order valence-electron chi connectivity index (χ3n) is 5.76. The van der Waals surface area contributed by atoms with Crippen LogP contribution in [0.3, 0.4) is 0 Å². The molecule has 0 unspecified atom stereocenters. The van der Waals surface area contributed by atoms with E-state index >= 15 is 0 Å². The van der Waals surface area contributed by atoms with E-state index < -0.39 is 0 Å². The van der Waals surface area contributed by atoms with Gasteiger partial charge in [0.05, 0.1) is 0 Å². The molecule has 6 heteroatoms. The molecule has 6 nitrogen and oxygen atoms in total. The summed E-state index contributed by atoms with van der Waals surface area (Å²) in [4.78, 5) is 27.2. The lowest BCUT2D eigenvalue weighted by Gasteiger charge is -2.33. The van der Waals surface area contributed by atoms with Crippen molar-refractivity contribution in [2.45, 2.75) is 44.9 Å². The predicted molar refractivity (Wildman–Crippen MR) is 97.1 cm³/mol. The number of nitrogens with one attached hydrogen (secondary N) is 1. The monoisotopic (exact) mass is 358 g/mol. The van der Waals surface area contributed by atoms with E-state index in [1.807, 2.05) is 17.0 Å². The highest BCUT2D eigenvalue weighted by molar-refractivity contribution is 5.93. The van der Waals surface area contributed by atoms with Crippen molar-refractivity contribution in [1.29, 1.82) is 0 Å². The van der Waals surface area contributed by atoms with Gasteiger partial charge in [-0.15, -0.1) is 0 Å². The second-order valence-electron chi connectivity index (χ2n) is 7.49. The summed E-state index contributed by atoms with van der Waals surface area (Å²) in [6.07, 6.45) is 6.67. The fourth-order valence-corrected chi connectivity index (χ4v) is 4.19. The van der Waals surface area contributed by atoms with Crippen LogP contribution >= 0.6 is 0 Å². The molecule has 2 fully saturated rings. The molecule has 1 aromatic carbocycles. The maximum absolute atomic E-state index is 12.6. The number of amides is 2. The first kappa shape index (κ1) is 17.2. The van der Waals surface area contributed by atoms with E-state index in [0.29, 0.717) is 17.4 Å². The molecule has 3 aliphatic rings. The minimum Gasteiger partial charge on any atom is -0.454 e. The van der Waals surface area contributed by atoms with Crippen molar-refractivity contribution in [3.05, 3.63) is 18.2 Å². The van der Waals surface area contributed by atoms with Gasteiger partial charge in [-0.1, -0.05) is 0 Å². The molecule has 1 saturated heterocycles. The molecule has 4 rings (SSSR count). The van der Waals surface area contributed by atoms with Gasteiger partial charge in [0, 0.05) is 36.7 Å². The first-order valence-electron chi connectivity index (χ1n) is 9.70. The van der Waals surface area contributed by atoms with Crippen molar-refractivity contribution in [3.63, 3.8) is 0 Å². The molecule has 0 bridgehead atoms. The lowest BCUT2D eigenvalue weighted by Crippen LogP contribution is -2.41. The SMILES string of the molecule is O=C(Nc1ccc2c(c1)OCO2)C1CCC(C(=O)N2CCCCC2)CC1. The Morgan fingerprint density at radius 3 is 2.38 bits per heavy atom. The van der Waals surface area contributed by atoms with E-state index in [9.17, 15) is 9.59 Å². The van der Waals surface area contributed by atoms with Crippen LogP contribution in [0, 0.1) is 11.8 Å². The van der Waals surface area contributed by atoms with Gasteiger partial charge >= 0.3 is 0 Å². The second kappa shape index (κ2) is 7.56. The number of ether oxygens (including phenoxy) is 2. The van der Waals surface area contributed by atoms with Gasteiger partial charge in [0.1, 0.15) is 0 Å². The molecule has 0 aromatic heterocycles. The Balaban J connectivity index is 1.28. The summed E-state index contributed by atoms with van der Waals surface area (Å²) in [7, 11) is 0. The number of nitrogens with zero attached hydrogens (tertiary/aromatic N) is 1. The highest BCUT2D eigenvalue weighted by Gasteiger charge is 2.32. The predicted octanol–water partition coefficient (Wildman–Crippen LogP) is 3.17. The zero-order valence-electron chi connectivity index (χ0n) is 15.0. The fraction of sp³-hybridized carbons (Fsp3) is 0.600. The minimum atomic E-state index is -0.0224. The third kappa shape index (κ3) is 3.64. The molecule has 1 saturated carbocycles. The Kier molecular flexibility index (Phi) is 5.00. The van der Waals surface area contributed by atoms with Gasteiger partial charge in [0.2, 0.25) is 18.6 Å². The molecule has 0 atom stereocenters. The molecule has 1 aromatic rings. The van der Waals surface area contributed by atoms with Gasteiger partial charge in [0.25, 0.3) is 0 Å². The smallest absolute Gasteiger partial charge is 0.231 e. The summed E-state index contributed by atoms with van der Waals surface area (Å²) < 4.78 is 10.6. The zero-order valence-corrected chi connectivity index (χ0v) is 15.0. The van der Waals surface area contributed by atoms with Crippen LogP contribution in [0.2, 0.25) is 0 Å². The van der Waals surface area contributed by atoms with Crippen molar-refractivity contribution < 1.29 is 19.1 Å². The first-order chi connectivity index (χ1) is 12.7. The van der Waals surface area contributed by atoms with Crippen molar-refractivity contribution >= 4 is 17.5 Å². The average Bonchev–Trinajstić information content (AvgIpc) is 3.16. The van der Waals surface area contributed by atoms with E-state index in [2.05, 4.69) is 5.32 Å². The first-order valence-corrected chi connectivity index (χ1v) is 9.70. The molecule has 26 heavy (non-hydrogen) atoms. The minimum absolute atomic E-state index is 0.0224. The van der Waals surface area contributed by atoms with Gasteiger partial charge in [-0.25, -0.2) is 0 Å². The summed E-state index contributed by atoms with van der Waals surface area (Å²) in [6.45, 7) is 2.04. The van der Waals surface area contributed by atoms with E-state index in [1.165, 1.54) is 6.42 Å². The van der Waals surface area contributed by atoms with Gasteiger partial charge in [-0.3, -0.25) is 9.59 Å². The topological polar surface area (TPSA) is 67.9 Å². The molecule has 2 aliphatic heterocycles. The van der Waals surface area contributed by atoms with Gasteiger partial charge < -0.3 is 19.7 Å². The van der Waals surface area contributed by atoms with Crippen LogP contribution in [0.4, 0.5) is 5.69 Å². The third-order valence-corrected chi connectivity index (χ3v) is 5.76. The summed E-state index contributed by atoms with van der Waals surface area (Å²) in [5.74, 6) is 1.79. The number of carbonyl (C=O) groups excluding carboxylic acids is 2. The van der Waals surface area contributed by atoms with Gasteiger partial charge in [-0.05, 0) is 57.1 Å². The Labute approximate surface area is 153 Å². The van der Waals surface area contributed by atoms with Crippen LogP contribution in [0.5, 0.6) is 11.5 Å². The lowest BCUT2D eigenvalue weighted by atomic mass is 9.80. The van der Waals surface area contributed by atoms with Crippen LogP contribution in [-0.2, 0) is 9.59 Å². The number of carbonyl (C=O) groups is 2. The summed E-state index contributed by atoms with van der Waals surface area (Å²) in [5.41, 5.74) is 0.728. The van der Waals surface area contributed by atoms with Crippen molar-refractivity contribution in [2.75, 3.05) is 25.2 Å². The van der Waals surface area contributed by atoms with Crippen LogP contribution in [0.25, 0.3) is 0 Å². The molecule has 2 heterocycles. The Bertz CT molecular complexity index is 676. The highest BCUT2D eigenvalue weighted by atomic mass is 16.7. The zero-order chi connectivity index (χ0) is 17.9. The number of anilines is 1. The Hall–Kier alpha value is -2.24. The summed E-state index contributed by atoms with van der Waals surface area (Å²) in [5, 5.41) is 2.98. The molecule has 0 radical (unpaired) electrons. The van der Waals surface area contributed by atoms with E-state index in [-0.39, 0.29) is 24.5 Å². The van der Waals surface area contributed by atoms with Crippen LogP contribution in [0.1, 0.15) is 44.9 Å². The average molecular weight is 358 g/mol. The number of rotatable bonds is 3. The summed E-state index contributed by atoms with van der Waals surface area (Å²) in [6, 6.07) is 5.44. The number of likely N-dealkylation sites (tertiary alicyclic amines) is 1.